The summed E-state index contributed by atoms with van der Waals surface area (Å²) in [6, 6.07) is 5.91. The fraction of sp³-hybridized carbons (Fsp3) is 0.438. The monoisotopic (exact) mass is 318 g/mol. The highest BCUT2D eigenvalue weighted by Crippen LogP contribution is 2.33. The first-order valence-corrected chi connectivity index (χ1v) is 8.28. The standard InChI is InChI=1S/C16H18N2O3S/c1-9-5-4-8-12-13(9)17-16(22-12)18-14(19)10-6-2-3-7-11(10)15(20)21/h4-5,8,10-11H,2-3,6-7H2,1H3,(H,20,21)(H,17,18,19)/t10-,11-/m0/s1. The number of anilines is 1. The molecule has 116 valence electrons. The lowest BCUT2D eigenvalue weighted by atomic mass is 9.79. The van der Waals surface area contributed by atoms with Gasteiger partial charge in [-0.15, -0.1) is 0 Å². The predicted molar refractivity (Wildman–Crippen MR) is 86.1 cm³/mol. The number of carboxylic acids is 1. The van der Waals surface area contributed by atoms with Crippen molar-refractivity contribution in [3.8, 4) is 0 Å². The molecule has 0 unspecified atom stereocenters. The number of carbonyl (C=O) groups is 2. The van der Waals surface area contributed by atoms with E-state index in [9.17, 15) is 14.7 Å². The van der Waals surface area contributed by atoms with Gasteiger partial charge in [0, 0.05) is 0 Å². The zero-order valence-electron chi connectivity index (χ0n) is 12.3. The maximum Gasteiger partial charge on any atom is 0.307 e. The first-order valence-electron chi connectivity index (χ1n) is 7.46. The number of fused-ring (bicyclic) bond motifs is 1. The minimum atomic E-state index is -0.875. The van der Waals surface area contributed by atoms with Crippen molar-refractivity contribution in [2.24, 2.45) is 11.8 Å². The second-order valence-electron chi connectivity index (χ2n) is 5.77. The molecule has 1 aromatic carbocycles. The van der Waals surface area contributed by atoms with Crippen LogP contribution in [0.25, 0.3) is 10.2 Å². The van der Waals surface area contributed by atoms with Crippen molar-refractivity contribution in [1.82, 2.24) is 4.98 Å². The van der Waals surface area contributed by atoms with Crippen molar-refractivity contribution in [3.63, 3.8) is 0 Å². The molecule has 2 atom stereocenters. The third kappa shape index (κ3) is 2.83. The number of carbonyl (C=O) groups excluding carboxylic acids is 1. The molecule has 2 aromatic rings. The summed E-state index contributed by atoms with van der Waals surface area (Å²) in [4.78, 5) is 28.2. The van der Waals surface area contributed by atoms with Crippen LogP contribution in [0.4, 0.5) is 5.13 Å². The Morgan fingerprint density at radius 3 is 2.68 bits per heavy atom. The molecule has 0 bridgehead atoms. The quantitative estimate of drug-likeness (QED) is 0.908. The molecule has 0 spiro atoms. The summed E-state index contributed by atoms with van der Waals surface area (Å²) in [5.74, 6) is -2.13. The van der Waals surface area contributed by atoms with Crippen LogP contribution in [0.15, 0.2) is 18.2 Å². The molecular formula is C16H18N2O3S. The number of thiazole rings is 1. The molecule has 1 aromatic heterocycles. The number of hydrogen-bond donors (Lipinski definition) is 2. The van der Waals surface area contributed by atoms with Crippen LogP contribution in [-0.2, 0) is 9.59 Å². The summed E-state index contributed by atoms with van der Waals surface area (Å²) in [6.07, 6.45) is 2.99. The Morgan fingerprint density at radius 2 is 2.00 bits per heavy atom. The van der Waals surface area contributed by atoms with Crippen LogP contribution in [0, 0.1) is 18.8 Å². The Bertz CT molecular complexity index is 725. The molecule has 1 amide bonds. The Hall–Kier alpha value is -1.95. The van der Waals surface area contributed by atoms with Crippen LogP contribution in [0.5, 0.6) is 0 Å². The van der Waals surface area contributed by atoms with E-state index in [-0.39, 0.29) is 5.91 Å². The maximum atomic E-state index is 12.4. The van der Waals surface area contributed by atoms with Crippen LogP contribution in [0.3, 0.4) is 0 Å². The SMILES string of the molecule is Cc1cccc2sc(NC(=O)[C@H]3CCCC[C@@H]3C(=O)O)nc12. The first-order chi connectivity index (χ1) is 10.6. The predicted octanol–water partition coefficient (Wildman–Crippen LogP) is 3.43. The normalized spacial score (nSPS) is 21.7. The summed E-state index contributed by atoms with van der Waals surface area (Å²) in [5, 5.41) is 12.6. The number of amides is 1. The van der Waals surface area contributed by atoms with Crippen molar-refractivity contribution >= 4 is 38.6 Å². The van der Waals surface area contributed by atoms with Gasteiger partial charge < -0.3 is 10.4 Å². The summed E-state index contributed by atoms with van der Waals surface area (Å²) in [6.45, 7) is 1.98. The van der Waals surface area contributed by atoms with Crippen molar-refractivity contribution in [2.75, 3.05) is 5.32 Å². The van der Waals surface area contributed by atoms with Crippen molar-refractivity contribution in [1.29, 1.82) is 0 Å². The molecule has 1 aliphatic carbocycles. The molecule has 1 fully saturated rings. The molecular weight excluding hydrogens is 300 g/mol. The number of aryl methyl sites for hydroxylation is 1. The largest absolute Gasteiger partial charge is 0.481 e. The average molecular weight is 318 g/mol. The highest BCUT2D eigenvalue weighted by atomic mass is 32.1. The summed E-state index contributed by atoms with van der Waals surface area (Å²) in [7, 11) is 0. The van der Waals surface area contributed by atoms with Gasteiger partial charge in [0.05, 0.1) is 22.1 Å². The van der Waals surface area contributed by atoms with Crippen LogP contribution >= 0.6 is 11.3 Å². The minimum Gasteiger partial charge on any atom is -0.481 e. The van der Waals surface area contributed by atoms with E-state index in [0.717, 1.165) is 28.6 Å². The zero-order chi connectivity index (χ0) is 15.7. The van der Waals surface area contributed by atoms with E-state index in [2.05, 4.69) is 10.3 Å². The lowest BCUT2D eigenvalue weighted by Crippen LogP contribution is -2.36. The number of benzene rings is 1. The molecule has 1 heterocycles. The van der Waals surface area contributed by atoms with E-state index in [0.29, 0.717) is 18.0 Å². The molecule has 2 N–H and O–H groups in total. The van der Waals surface area contributed by atoms with Crippen molar-refractivity contribution in [2.45, 2.75) is 32.6 Å². The molecule has 1 saturated carbocycles. The summed E-state index contributed by atoms with van der Waals surface area (Å²) >= 11 is 1.42. The second kappa shape index (κ2) is 6.04. The van der Waals surface area contributed by atoms with E-state index in [4.69, 9.17) is 0 Å². The number of nitrogens with zero attached hydrogens (tertiary/aromatic N) is 1. The highest BCUT2D eigenvalue weighted by Gasteiger charge is 2.36. The van der Waals surface area contributed by atoms with E-state index in [1.165, 1.54) is 11.3 Å². The van der Waals surface area contributed by atoms with Gasteiger partial charge in [-0.1, -0.05) is 36.3 Å². The number of aromatic nitrogens is 1. The Kier molecular flexibility index (Phi) is 4.11. The molecule has 3 rings (SSSR count). The number of hydrogen-bond acceptors (Lipinski definition) is 4. The van der Waals surface area contributed by atoms with Crippen LogP contribution in [0.2, 0.25) is 0 Å². The number of para-hydroxylation sites is 1. The third-order valence-corrected chi connectivity index (χ3v) is 5.21. The van der Waals surface area contributed by atoms with E-state index in [1.54, 1.807) is 0 Å². The molecule has 6 heteroatoms. The molecule has 0 saturated heterocycles. The number of rotatable bonds is 3. The fourth-order valence-electron chi connectivity index (χ4n) is 3.08. The van der Waals surface area contributed by atoms with Gasteiger partial charge >= 0.3 is 5.97 Å². The summed E-state index contributed by atoms with van der Waals surface area (Å²) < 4.78 is 1.02. The van der Waals surface area contributed by atoms with Crippen LogP contribution in [-0.4, -0.2) is 22.0 Å². The topological polar surface area (TPSA) is 79.3 Å². The van der Waals surface area contributed by atoms with Crippen molar-refractivity contribution in [3.05, 3.63) is 23.8 Å². The Morgan fingerprint density at radius 1 is 1.27 bits per heavy atom. The Labute approximate surface area is 132 Å². The highest BCUT2D eigenvalue weighted by molar-refractivity contribution is 7.22. The van der Waals surface area contributed by atoms with Crippen LogP contribution < -0.4 is 5.32 Å². The summed E-state index contributed by atoms with van der Waals surface area (Å²) in [5.41, 5.74) is 1.96. The Balaban J connectivity index is 1.80. The second-order valence-corrected chi connectivity index (χ2v) is 6.80. The first kappa shape index (κ1) is 15.0. The van der Waals surface area contributed by atoms with Gasteiger partial charge in [0.25, 0.3) is 0 Å². The smallest absolute Gasteiger partial charge is 0.307 e. The van der Waals surface area contributed by atoms with Gasteiger partial charge in [0.2, 0.25) is 5.91 Å². The number of aliphatic carboxylic acids is 1. The number of nitrogens with one attached hydrogen (secondary N) is 1. The van der Waals surface area contributed by atoms with Gasteiger partial charge in [-0.05, 0) is 31.4 Å². The van der Waals surface area contributed by atoms with Gasteiger partial charge in [0.1, 0.15) is 0 Å². The lowest BCUT2D eigenvalue weighted by Gasteiger charge is -2.26. The molecule has 0 aliphatic heterocycles. The molecule has 1 aliphatic rings. The van der Waals surface area contributed by atoms with Crippen molar-refractivity contribution < 1.29 is 14.7 Å². The van der Waals surface area contributed by atoms with Gasteiger partial charge in [0.15, 0.2) is 5.13 Å². The van der Waals surface area contributed by atoms with Crippen LogP contribution in [0.1, 0.15) is 31.2 Å². The minimum absolute atomic E-state index is 0.219. The van der Waals surface area contributed by atoms with E-state index < -0.39 is 17.8 Å². The van der Waals surface area contributed by atoms with Gasteiger partial charge in [-0.25, -0.2) is 4.98 Å². The number of carboxylic acid groups (broad SMARTS) is 1. The fourth-order valence-corrected chi connectivity index (χ4v) is 4.02. The van der Waals surface area contributed by atoms with E-state index in [1.807, 2.05) is 25.1 Å². The maximum absolute atomic E-state index is 12.4. The third-order valence-electron chi connectivity index (χ3n) is 4.27. The van der Waals surface area contributed by atoms with Gasteiger partial charge in [-0.2, -0.15) is 0 Å². The molecule has 0 radical (unpaired) electrons. The zero-order valence-corrected chi connectivity index (χ0v) is 13.2. The van der Waals surface area contributed by atoms with Gasteiger partial charge in [-0.3, -0.25) is 9.59 Å². The average Bonchev–Trinajstić information content (AvgIpc) is 2.91. The van der Waals surface area contributed by atoms with E-state index >= 15 is 0 Å². The lowest BCUT2D eigenvalue weighted by molar-refractivity contribution is -0.147. The molecule has 5 nitrogen and oxygen atoms in total. The molecule has 22 heavy (non-hydrogen) atoms.